The van der Waals surface area contributed by atoms with E-state index >= 15 is 0 Å². The molecule has 0 aliphatic carbocycles. The Morgan fingerprint density at radius 3 is 3.27 bits per heavy atom. The molecule has 0 spiro atoms. The maximum Gasteiger partial charge on any atom is 0.427 e. The van der Waals surface area contributed by atoms with Crippen LogP contribution in [-0.4, -0.2) is 14.3 Å². The lowest BCUT2D eigenvalue weighted by atomic mass is 10.7. The highest BCUT2D eigenvalue weighted by Gasteiger charge is 2.17. The minimum atomic E-state index is -0.584. The molecule has 56 valence electrons. The van der Waals surface area contributed by atoms with E-state index in [4.69, 9.17) is 4.42 Å². The first-order chi connectivity index (χ1) is 5.29. The van der Waals surface area contributed by atoms with E-state index in [1.165, 1.54) is 17.0 Å². The number of imidazole rings is 1. The Balaban J connectivity index is 2.78. The summed E-state index contributed by atoms with van der Waals surface area (Å²) in [6.45, 7) is 0. The number of aromatic nitrogens is 2. The van der Waals surface area contributed by atoms with Gasteiger partial charge in [0, 0.05) is 0 Å². The van der Waals surface area contributed by atoms with E-state index in [0.717, 1.165) is 0 Å². The summed E-state index contributed by atoms with van der Waals surface area (Å²) in [4.78, 5) is 13.2. The zero-order valence-corrected chi connectivity index (χ0v) is 5.30. The van der Waals surface area contributed by atoms with Crippen LogP contribution in [0.3, 0.4) is 0 Å². The molecule has 0 atom stereocenters. The smallest absolute Gasteiger partial charge is 0.427 e. The van der Waals surface area contributed by atoms with E-state index in [9.17, 15) is 10.1 Å². The average molecular weight is 153 g/mol. The number of oxazole rings is 1. The number of fused-ring (bicyclic) bond motifs is 1. The van der Waals surface area contributed by atoms with Gasteiger partial charge in [-0.05, 0) is 9.91 Å². The summed E-state index contributed by atoms with van der Waals surface area (Å²) in [6.07, 6.45) is 4.25. The molecule has 0 amide bonds. The molecule has 2 heterocycles. The maximum atomic E-state index is 10.2. The third kappa shape index (κ3) is 0.689. The lowest BCUT2D eigenvalue weighted by Gasteiger charge is -1.83. The molecule has 11 heavy (non-hydrogen) atoms. The van der Waals surface area contributed by atoms with Crippen LogP contribution in [0.2, 0.25) is 0 Å². The molecule has 6 nitrogen and oxygen atoms in total. The largest absolute Gasteiger partial charge is 0.440 e. The minimum Gasteiger partial charge on any atom is -0.440 e. The first-order valence-electron chi connectivity index (χ1n) is 2.83. The molecular formula is C5H3N3O3. The van der Waals surface area contributed by atoms with Crippen LogP contribution in [0.25, 0.3) is 5.71 Å². The topological polar surface area (TPSA) is 73.6 Å². The zero-order chi connectivity index (χ0) is 7.84. The monoisotopic (exact) mass is 153 g/mol. The van der Waals surface area contributed by atoms with E-state index < -0.39 is 4.92 Å². The van der Waals surface area contributed by atoms with Gasteiger partial charge >= 0.3 is 11.5 Å². The Labute approximate surface area is 60.2 Å². The second-order valence-corrected chi connectivity index (χ2v) is 1.94. The predicted octanol–water partition coefficient (Wildman–Crippen LogP) is 0.835. The molecule has 0 aliphatic heterocycles. The summed E-state index contributed by atoms with van der Waals surface area (Å²) < 4.78 is 6.25. The molecule has 0 aromatic carbocycles. The van der Waals surface area contributed by atoms with Gasteiger partial charge in [-0.2, -0.15) is 0 Å². The summed E-state index contributed by atoms with van der Waals surface area (Å²) in [6, 6.07) is 0. The predicted molar refractivity (Wildman–Crippen MR) is 34.1 cm³/mol. The molecule has 2 aromatic rings. The molecule has 0 unspecified atom stereocenters. The van der Waals surface area contributed by atoms with E-state index in [2.05, 4.69) is 4.98 Å². The number of hydrogen-bond acceptors (Lipinski definition) is 4. The second-order valence-electron chi connectivity index (χ2n) is 1.94. The lowest BCUT2D eigenvalue weighted by Crippen LogP contribution is -1.86. The third-order valence-corrected chi connectivity index (χ3v) is 1.30. The van der Waals surface area contributed by atoms with Crippen LogP contribution in [0.15, 0.2) is 23.2 Å². The van der Waals surface area contributed by atoms with Gasteiger partial charge in [0.2, 0.25) is 6.33 Å². The summed E-state index contributed by atoms with van der Waals surface area (Å²) >= 11 is 0. The quantitative estimate of drug-likeness (QED) is 0.449. The fourth-order valence-corrected chi connectivity index (χ4v) is 0.845. The molecule has 6 heteroatoms. The molecule has 0 bridgehead atoms. The minimum absolute atomic E-state index is 0.162. The third-order valence-electron chi connectivity index (χ3n) is 1.30. The van der Waals surface area contributed by atoms with Crippen molar-refractivity contribution in [3.8, 4) is 0 Å². The van der Waals surface area contributed by atoms with E-state index in [1.807, 2.05) is 0 Å². The Kier molecular flexibility index (Phi) is 0.974. The van der Waals surface area contributed by atoms with Crippen LogP contribution in [0, 0.1) is 10.1 Å². The van der Waals surface area contributed by atoms with Crippen molar-refractivity contribution in [3.63, 3.8) is 0 Å². The maximum absolute atomic E-state index is 10.2. The van der Waals surface area contributed by atoms with Crippen molar-refractivity contribution in [2.45, 2.75) is 0 Å². The van der Waals surface area contributed by atoms with Crippen molar-refractivity contribution in [1.82, 2.24) is 9.38 Å². The Morgan fingerprint density at radius 2 is 2.55 bits per heavy atom. The van der Waals surface area contributed by atoms with Crippen LogP contribution < -0.4 is 0 Å². The van der Waals surface area contributed by atoms with E-state index in [0.29, 0.717) is 0 Å². The van der Waals surface area contributed by atoms with Crippen molar-refractivity contribution >= 4 is 11.5 Å². The molecule has 0 saturated heterocycles. The van der Waals surface area contributed by atoms with Crippen molar-refractivity contribution in [2.75, 3.05) is 0 Å². The highest BCUT2D eigenvalue weighted by Crippen LogP contribution is 2.16. The van der Waals surface area contributed by atoms with Gasteiger partial charge in [0.15, 0.2) is 0 Å². The number of nitrogens with zero attached hydrogens (tertiary/aromatic N) is 3. The van der Waals surface area contributed by atoms with Gasteiger partial charge in [0.05, 0.1) is 6.20 Å². The van der Waals surface area contributed by atoms with Crippen molar-refractivity contribution in [1.29, 1.82) is 0 Å². The summed E-state index contributed by atoms with van der Waals surface area (Å²) in [5.74, 6) is -0.255. The Hall–Kier alpha value is -1.85. The fourth-order valence-electron chi connectivity index (χ4n) is 0.845. The highest BCUT2D eigenvalue weighted by atomic mass is 16.6. The molecule has 0 N–H and O–H groups in total. The van der Waals surface area contributed by atoms with E-state index in [-0.39, 0.29) is 11.5 Å². The summed E-state index contributed by atoms with van der Waals surface area (Å²) in [5.41, 5.74) is 0.162. The van der Waals surface area contributed by atoms with Gasteiger partial charge in [-0.3, -0.25) is 0 Å². The number of hydrogen-bond donors (Lipinski definition) is 0. The number of rotatable bonds is 1. The second kappa shape index (κ2) is 1.82. The standard InChI is InChI=1S/C5H3N3O3/c9-8(10)4-5-7(3-6-4)1-2-11-5/h1-3H. The van der Waals surface area contributed by atoms with Crippen molar-refractivity contribution in [2.24, 2.45) is 0 Å². The SMILES string of the molecule is O=[N+]([O-])c1ncn2ccoc12. The van der Waals surface area contributed by atoms with Crippen LogP contribution in [0.4, 0.5) is 5.82 Å². The molecule has 2 rings (SSSR count). The lowest BCUT2D eigenvalue weighted by molar-refractivity contribution is -0.388. The number of nitro groups is 1. The van der Waals surface area contributed by atoms with Gasteiger partial charge < -0.3 is 14.5 Å². The fraction of sp³-hybridized carbons (Fsp3) is 0. The van der Waals surface area contributed by atoms with Crippen molar-refractivity contribution in [3.05, 3.63) is 28.9 Å². The average Bonchev–Trinajstić information content (AvgIpc) is 2.41. The van der Waals surface area contributed by atoms with Gasteiger partial charge in [0.25, 0.3) is 0 Å². The molecule has 0 aliphatic rings. The first-order valence-corrected chi connectivity index (χ1v) is 2.83. The molecule has 2 aromatic heterocycles. The normalized spacial score (nSPS) is 10.5. The van der Waals surface area contributed by atoms with Gasteiger partial charge in [-0.25, -0.2) is 4.40 Å². The Bertz CT molecular complexity index is 402. The van der Waals surface area contributed by atoms with E-state index in [1.54, 1.807) is 6.20 Å². The Morgan fingerprint density at radius 1 is 1.73 bits per heavy atom. The first kappa shape index (κ1) is 5.90. The molecule has 0 saturated carbocycles. The van der Waals surface area contributed by atoms with Gasteiger partial charge in [0.1, 0.15) is 6.26 Å². The molecular weight excluding hydrogens is 150 g/mol. The van der Waals surface area contributed by atoms with Crippen LogP contribution >= 0.6 is 0 Å². The summed E-state index contributed by atoms with van der Waals surface area (Å²) in [5, 5.41) is 10.2. The molecule has 0 fully saturated rings. The summed E-state index contributed by atoms with van der Waals surface area (Å²) in [7, 11) is 0. The van der Waals surface area contributed by atoms with Crippen LogP contribution in [-0.2, 0) is 0 Å². The van der Waals surface area contributed by atoms with Crippen molar-refractivity contribution < 1.29 is 9.34 Å². The van der Waals surface area contributed by atoms with Gasteiger partial charge in [-0.1, -0.05) is 0 Å². The van der Waals surface area contributed by atoms with Gasteiger partial charge in [-0.15, -0.1) is 0 Å². The highest BCUT2D eigenvalue weighted by molar-refractivity contribution is 5.51. The van der Waals surface area contributed by atoms with Crippen LogP contribution in [0.1, 0.15) is 0 Å². The van der Waals surface area contributed by atoms with Crippen LogP contribution in [0.5, 0.6) is 0 Å². The zero-order valence-electron chi connectivity index (χ0n) is 5.30. The molecule has 0 radical (unpaired) electrons.